The Bertz CT molecular complexity index is 895. The van der Waals surface area contributed by atoms with Crippen LogP contribution in [0, 0.1) is 16.8 Å². The lowest BCUT2D eigenvalue weighted by atomic mass is 10.1. The van der Waals surface area contributed by atoms with Crippen molar-refractivity contribution in [2.75, 3.05) is 5.75 Å². The maximum absolute atomic E-state index is 13.7. The van der Waals surface area contributed by atoms with Gasteiger partial charge in [-0.05, 0) is 42.1 Å². The Morgan fingerprint density at radius 3 is 2.75 bits per heavy atom. The number of nitrogens with zero attached hydrogens (tertiary/aromatic N) is 1. The van der Waals surface area contributed by atoms with E-state index in [0.29, 0.717) is 9.76 Å². The fourth-order valence-corrected chi connectivity index (χ4v) is 2.84. The van der Waals surface area contributed by atoms with Gasteiger partial charge in [-0.3, -0.25) is 4.79 Å². The molecule has 0 radical (unpaired) electrons. The molecule has 0 fully saturated rings. The molecule has 24 heavy (non-hydrogen) atoms. The van der Waals surface area contributed by atoms with Crippen LogP contribution < -0.4 is 4.73 Å². The normalized spacial score (nSPS) is 10.8. The Morgan fingerprint density at radius 1 is 1.17 bits per heavy atom. The highest BCUT2D eigenvalue weighted by Crippen LogP contribution is 2.26. The quantitative estimate of drug-likeness (QED) is 0.305. The van der Waals surface area contributed by atoms with Gasteiger partial charge >= 0.3 is 0 Å². The number of pyridine rings is 1. The summed E-state index contributed by atoms with van der Waals surface area (Å²) in [5, 5.41) is 11.9. The number of halogens is 2. The smallest absolute Gasteiger partial charge is 0.251 e. The first kappa shape index (κ1) is 16.2. The zero-order chi connectivity index (χ0) is 17.1. The number of ketones is 1. The third-order valence-corrected chi connectivity index (χ3v) is 4.24. The van der Waals surface area contributed by atoms with Crippen LogP contribution in [-0.2, 0) is 0 Å². The van der Waals surface area contributed by atoms with Crippen molar-refractivity contribution in [2.24, 2.45) is 0 Å². The zero-order valence-electron chi connectivity index (χ0n) is 12.2. The number of rotatable bonds is 5. The molecule has 3 aromatic rings. The standard InChI is InChI=1S/C17H11F2NO3S/c18-11-4-5-12(13(19)9-11)15-6-7-16(23-15)14(21)10-24-17-3-1-2-8-20(17)22/h1-9H,10H2. The van der Waals surface area contributed by atoms with E-state index in [4.69, 9.17) is 4.42 Å². The molecule has 0 saturated heterocycles. The van der Waals surface area contributed by atoms with Gasteiger partial charge in [0.05, 0.1) is 11.3 Å². The van der Waals surface area contributed by atoms with Crippen LogP contribution in [0.25, 0.3) is 11.3 Å². The van der Waals surface area contributed by atoms with Gasteiger partial charge in [-0.1, -0.05) is 0 Å². The van der Waals surface area contributed by atoms with Gasteiger partial charge in [-0.15, -0.1) is 0 Å². The van der Waals surface area contributed by atoms with Crippen LogP contribution in [0.15, 0.2) is 64.2 Å². The lowest BCUT2D eigenvalue weighted by Gasteiger charge is -2.02. The maximum atomic E-state index is 13.7. The predicted molar refractivity (Wildman–Crippen MR) is 84.5 cm³/mol. The molecule has 2 heterocycles. The van der Waals surface area contributed by atoms with E-state index in [9.17, 15) is 18.8 Å². The maximum Gasteiger partial charge on any atom is 0.251 e. The van der Waals surface area contributed by atoms with Crippen molar-refractivity contribution in [1.82, 2.24) is 0 Å². The van der Waals surface area contributed by atoms with E-state index < -0.39 is 11.6 Å². The number of carbonyl (C=O) groups is 1. The monoisotopic (exact) mass is 347 g/mol. The fraction of sp³-hybridized carbons (Fsp3) is 0.0588. The number of Topliss-reactive ketones (excluding diaryl/α,β-unsaturated/α-hetero) is 1. The second-order valence-electron chi connectivity index (χ2n) is 4.86. The van der Waals surface area contributed by atoms with Gasteiger partial charge in [-0.2, -0.15) is 4.73 Å². The first-order valence-corrected chi connectivity index (χ1v) is 7.92. The number of hydrogen-bond acceptors (Lipinski definition) is 4. The molecule has 0 aliphatic heterocycles. The Labute approximate surface area is 140 Å². The van der Waals surface area contributed by atoms with Crippen LogP contribution in [0.1, 0.15) is 10.6 Å². The number of hydrogen-bond donors (Lipinski definition) is 0. The summed E-state index contributed by atoms with van der Waals surface area (Å²) in [5.41, 5.74) is 0.0727. The number of thioether (sulfide) groups is 1. The minimum Gasteiger partial charge on any atom is -0.618 e. The second-order valence-corrected chi connectivity index (χ2v) is 5.86. The number of furan rings is 1. The van der Waals surface area contributed by atoms with Crippen LogP contribution in [0.2, 0.25) is 0 Å². The molecular formula is C17H11F2NO3S. The van der Waals surface area contributed by atoms with Gasteiger partial charge in [0.15, 0.2) is 12.0 Å². The summed E-state index contributed by atoms with van der Waals surface area (Å²) in [6.45, 7) is 0. The van der Waals surface area contributed by atoms with Crippen LogP contribution in [0.5, 0.6) is 0 Å². The Morgan fingerprint density at radius 2 is 2.00 bits per heavy atom. The molecule has 3 rings (SSSR count). The SMILES string of the molecule is O=C(CSc1cccc[n+]1[O-])c1ccc(-c2ccc(F)cc2F)o1. The minimum atomic E-state index is -0.769. The van der Waals surface area contributed by atoms with E-state index >= 15 is 0 Å². The van der Waals surface area contributed by atoms with Gasteiger partial charge in [-0.25, -0.2) is 8.78 Å². The van der Waals surface area contributed by atoms with Crippen molar-refractivity contribution in [1.29, 1.82) is 0 Å². The molecule has 7 heteroatoms. The zero-order valence-corrected chi connectivity index (χ0v) is 13.1. The van der Waals surface area contributed by atoms with E-state index in [1.54, 1.807) is 18.2 Å². The number of aromatic nitrogens is 1. The van der Waals surface area contributed by atoms with Crippen LogP contribution in [-0.4, -0.2) is 11.5 Å². The van der Waals surface area contributed by atoms with Gasteiger partial charge in [0, 0.05) is 18.2 Å². The van der Waals surface area contributed by atoms with E-state index in [-0.39, 0.29) is 28.6 Å². The lowest BCUT2D eigenvalue weighted by Crippen LogP contribution is -2.28. The van der Waals surface area contributed by atoms with Crippen LogP contribution in [0.3, 0.4) is 0 Å². The lowest BCUT2D eigenvalue weighted by molar-refractivity contribution is -0.645. The highest BCUT2D eigenvalue weighted by Gasteiger charge is 2.16. The highest BCUT2D eigenvalue weighted by atomic mass is 32.2. The second kappa shape index (κ2) is 6.84. The fourth-order valence-electron chi connectivity index (χ4n) is 2.06. The Kier molecular flexibility index (Phi) is 4.61. The van der Waals surface area contributed by atoms with Crippen LogP contribution >= 0.6 is 11.8 Å². The Balaban J connectivity index is 1.73. The predicted octanol–water partition coefficient (Wildman–Crippen LogP) is 3.83. The summed E-state index contributed by atoms with van der Waals surface area (Å²) in [6, 6.07) is 10.9. The molecule has 0 amide bonds. The molecule has 1 aromatic carbocycles. The third-order valence-electron chi connectivity index (χ3n) is 3.22. The van der Waals surface area contributed by atoms with E-state index in [1.165, 1.54) is 24.4 Å². The summed E-state index contributed by atoms with van der Waals surface area (Å²) in [4.78, 5) is 12.1. The molecule has 0 unspecified atom stereocenters. The molecule has 0 N–H and O–H groups in total. The molecule has 122 valence electrons. The van der Waals surface area contributed by atoms with Crippen molar-refractivity contribution in [3.05, 3.63) is 77.3 Å². The Hall–Kier alpha value is -2.67. The first-order valence-electron chi connectivity index (χ1n) is 6.94. The summed E-state index contributed by atoms with van der Waals surface area (Å²) >= 11 is 1.08. The topological polar surface area (TPSA) is 57.1 Å². The number of benzene rings is 1. The molecule has 0 spiro atoms. The molecule has 0 bridgehead atoms. The van der Waals surface area contributed by atoms with Gasteiger partial charge in [0.2, 0.25) is 5.78 Å². The van der Waals surface area contributed by atoms with Crippen LogP contribution in [0.4, 0.5) is 8.78 Å². The van der Waals surface area contributed by atoms with Crippen molar-refractivity contribution >= 4 is 17.5 Å². The summed E-state index contributed by atoms with van der Waals surface area (Å²) in [5.74, 6) is -1.60. The molecule has 4 nitrogen and oxygen atoms in total. The van der Waals surface area contributed by atoms with Crippen molar-refractivity contribution in [3.8, 4) is 11.3 Å². The first-order chi connectivity index (χ1) is 11.5. The minimum absolute atomic E-state index is 0.00507. The molecular weight excluding hydrogens is 336 g/mol. The van der Waals surface area contributed by atoms with Gasteiger partial charge in [0.1, 0.15) is 17.4 Å². The summed E-state index contributed by atoms with van der Waals surface area (Å²) < 4.78 is 32.7. The molecule has 0 aliphatic carbocycles. The molecule has 2 aromatic heterocycles. The third kappa shape index (κ3) is 3.46. The van der Waals surface area contributed by atoms with E-state index in [1.807, 2.05) is 0 Å². The molecule has 0 atom stereocenters. The number of carbonyl (C=O) groups excluding carboxylic acids is 1. The van der Waals surface area contributed by atoms with Crippen molar-refractivity contribution in [3.63, 3.8) is 0 Å². The van der Waals surface area contributed by atoms with Gasteiger partial charge < -0.3 is 9.62 Å². The average molecular weight is 347 g/mol. The molecule has 0 aliphatic rings. The molecule has 0 saturated carbocycles. The van der Waals surface area contributed by atoms with Crippen molar-refractivity contribution < 1.29 is 22.7 Å². The summed E-state index contributed by atoms with van der Waals surface area (Å²) in [6.07, 6.45) is 1.34. The summed E-state index contributed by atoms with van der Waals surface area (Å²) in [7, 11) is 0. The largest absolute Gasteiger partial charge is 0.618 e. The van der Waals surface area contributed by atoms with Crippen molar-refractivity contribution in [2.45, 2.75) is 5.03 Å². The average Bonchev–Trinajstić information content (AvgIpc) is 3.03. The highest BCUT2D eigenvalue weighted by molar-refractivity contribution is 7.99. The van der Waals surface area contributed by atoms with Gasteiger partial charge in [0.25, 0.3) is 5.03 Å². The van der Waals surface area contributed by atoms with E-state index in [0.717, 1.165) is 23.9 Å². The van der Waals surface area contributed by atoms with E-state index in [2.05, 4.69) is 0 Å².